The molecule has 0 radical (unpaired) electrons. The summed E-state index contributed by atoms with van der Waals surface area (Å²) in [6.45, 7) is 4.07. The van der Waals surface area contributed by atoms with Crippen molar-refractivity contribution in [2.45, 2.75) is 39.5 Å². The van der Waals surface area contributed by atoms with Crippen molar-refractivity contribution in [2.24, 2.45) is 0 Å². The van der Waals surface area contributed by atoms with Crippen molar-refractivity contribution in [3.05, 3.63) is 95.6 Å². The Kier molecular flexibility index (Phi) is 8.52. The zero-order valence-electron chi connectivity index (χ0n) is 19.9. The predicted molar refractivity (Wildman–Crippen MR) is 143 cm³/mol. The number of carbonyl (C=O) groups is 1. The number of nitrogen functional groups attached to an aromatic ring is 3. The van der Waals surface area contributed by atoms with E-state index in [0.29, 0.717) is 17.0 Å². The molecule has 0 aromatic heterocycles. The first-order chi connectivity index (χ1) is 16.4. The molecular formula is C29H33N3O2. The molecule has 0 fully saturated rings. The molecule has 0 aliphatic heterocycles. The zero-order valence-corrected chi connectivity index (χ0v) is 19.9. The van der Waals surface area contributed by atoms with E-state index in [1.807, 2.05) is 67.6 Å². The van der Waals surface area contributed by atoms with Crippen LogP contribution in [0.1, 0.15) is 47.7 Å². The number of benzene rings is 4. The monoisotopic (exact) mass is 455 g/mol. The van der Waals surface area contributed by atoms with Crippen LogP contribution in [0.5, 0.6) is 5.75 Å². The summed E-state index contributed by atoms with van der Waals surface area (Å²) in [5, 5.41) is 2.05. The predicted octanol–water partition coefficient (Wildman–Crippen LogP) is 6.53. The summed E-state index contributed by atoms with van der Waals surface area (Å²) < 4.78 is 5.40. The minimum Gasteiger partial charge on any atom is -0.423 e. The first-order valence-electron chi connectivity index (χ1n) is 11.6. The Morgan fingerprint density at radius 2 is 1.35 bits per heavy atom. The Hall–Kier alpha value is -3.99. The average molecular weight is 456 g/mol. The van der Waals surface area contributed by atoms with Crippen LogP contribution in [0.4, 0.5) is 17.1 Å². The minimum absolute atomic E-state index is 0.359. The lowest BCUT2D eigenvalue weighted by Crippen LogP contribution is -2.09. The van der Waals surface area contributed by atoms with E-state index in [9.17, 15) is 4.79 Å². The van der Waals surface area contributed by atoms with Crippen molar-refractivity contribution in [1.82, 2.24) is 0 Å². The maximum Gasteiger partial charge on any atom is 0.343 e. The van der Waals surface area contributed by atoms with E-state index in [4.69, 9.17) is 21.9 Å². The van der Waals surface area contributed by atoms with Crippen molar-refractivity contribution in [3.63, 3.8) is 0 Å². The number of nitrogens with two attached hydrogens (primary N) is 3. The molecule has 0 amide bonds. The van der Waals surface area contributed by atoms with Crippen LogP contribution >= 0.6 is 0 Å². The fourth-order valence-corrected chi connectivity index (χ4v) is 3.62. The lowest BCUT2D eigenvalue weighted by Gasteiger charge is -2.07. The SMILES string of the molecule is CCCCCc1ccc(OC(=O)c2ccc(N)c(C)c2)cc1.Nc1ccc(N)c2ccccc12. The molecular weight excluding hydrogens is 422 g/mol. The zero-order chi connectivity index (χ0) is 24.5. The van der Waals surface area contributed by atoms with E-state index in [2.05, 4.69) is 6.92 Å². The van der Waals surface area contributed by atoms with Crippen LogP contribution in [0, 0.1) is 6.92 Å². The molecule has 5 heteroatoms. The standard InChI is InChI=1S/C19H23NO2.C10H10N2/c1-3-4-5-6-15-7-10-17(11-8-15)22-19(21)16-9-12-18(20)14(2)13-16;11-9-5-6-10(12)8-4-2-1-3-7(8)9/h7-13H,3-6,20H2,1-2H3;1-6H,11-12H2. The number of anilines is 3. The molecule has 4 aromatic rings. The van der Waals surface area contributed by atoms with Crippen molar-refractivity contribution in [2.75, 3.05) is 17.2 Å². The molecule has 0 atom stereocenters. The van der Waals surface area contributed by atoms with Gasteiger partial charge < -0.3 is 21.9 Å². The van der Waals surface area contributed by atoms with Crippen LogP contribution in [0.25, 0.3) is 10.8 Å². The fourth-order valence-electron chi connectivity index (χ4n) is 3.62. The smallest absolute Gasteiger partial charge is 0.343 e. The highest BCUT2D eigenvalue weighted by Crippen LogP contribution is 2.25. The van der Waals surface area contributed by atoms with Gasteiger partial charge in [-0.3, -0.25) is 0 Å². The number of esters is 1. The Labute approximate surface area is 201 Å². The number of aryl methyl sites for hydroxylation is 2. The normalized spacial score (nSPS) is 10.4. The first kappa shape index (κ1) is 24.6. The van der Waals surface area contributed by atoms with Gasteiger partial charge in [-0.2, -0.15) is 0 Å². The Bertz CT molecular complexity index is 1210. The Morgan fingerprint density at radius 3 is 1.91 bits per heavy atom. The topological polar surface area (TPSA) is 104 Å². The molecule has 0 heterocycles. The molecule has 0 unspecified atom stereocenters. The van der Waals surface area contributed by atoms with Crippen LogP contribution in [-0.4, -0.2) is 5.97 Å². The third kappa shape index (κ3) is 6.51. The molecule has 0 saturated carbocycles. The highest BCUT2D eigenvalue weighted by atomic mass is 16.5. The van der Waals surface area contributed by atoms with E-state index < -0.39 is 0 Å². The Morgan fingerprint density at radius 1 is 0.765 bits per heavy atom. The van der Waals surface area contributed by atoms with Crippen LogP contribution in [0.2, 0.25) is 0 Å². The third-order valence-corrected chi connectivity index (χ3v) is 5.70. The van der Waals surface area contributed by atoms with E-state index in [1.54, 1.807) is 18.2 Å². The summed E-state index contributed by atoms with van der Waals surface area (Å²) in [6, 6.07) is 24.4. The number of carbonyl (C=O) groups excluding carboxylic acids is 1. The van der Waals surface area contributed by atoms with Crippen molar-refractivity contribution < 1.29 is 9.53 Å². The van der Waals surface area contributed by atoms with Gasteiger partial charge in [-0.15, -0.1) is 0 Å². The van der Waals surface area contributed by atoms with Crippen molar-refractivity contribution in [3.8, 4) is 5.75 Å². The van der Waals surface area contributed by atoms with Gasteiger partial charge in [0.25, 0.3) is 0 Å². The molecule has 176 valence electrons. The summed E-state index contributed by atoms with van der Waals surface area (Å²) in [7, 11) is 0. The van der Waals surface area contributed by atoms with Gasteiger partial charge in [0.15, 0.2) is 0 Å². The summed E-state index contributed by atoms with van der Waals surface area (Å²) in [4.78, 5) is 12.1. The molecule has 0 aliphatic carbocycles. The second-order valence-corrected chi connectivity index (χ2v) is 8.35. The summed E-state index contributed by atoms with van der Waals surface area (Å²) in [5.41, 5.74) is 22.2. The molecule has 4 rings (SSSR count). The number of fused-ring (bicyclic) bond motifs is 1. The van der Waals surface area contributed by atoms with E-state index in [1.165, 1.54) is 24.8 Å². The van der Waals surface area contributed by atoms with Crippen molar-refractivity contribution in [1.29, 1.82) is 0 Å². The lowest BCUT2D eigenvalue weighted by atomic mass is 10.1. The molecule has 6 N–H and O–H groups in total. The van der Waals surface area contributed by atoms with E-state index >= 15 is 0 Å². The van der Waals surface area contributed by atoms with Crippen LogP contribution in [0.15, 0.2) is 78.9 Å². The van der Waals surface area contributed by atoms with Crippen LogP contribution in [-0.2, 0) is 6.42 Å². The quantitative estimate of drug-likeness (QED) is 0.133. The number of unbranched alkanes of at least 4 members (excludes halogenated alkanes) is 2. The summed E-state index contributed by atoms with van der Waals surface area (Å²) in [6.07, 6.45) is 4.73. The van der Waals surface area contributed by atoms with Gasteiger partial charge >= 0.3 is 5.97 Å². The number of ether oxygens (including phenoxy) is 1. The first-order valence-corrected chi connectivity index (χ1v) is 11.6. The Balaban J connectivity index is 0.000000226. The largest absolute Gasteiger partial charge is 0.423 e. The summed E-state index contributed by atoms with van der Waals surface area (Å²) in [5.74, 6) is 0.209. The maximum atomic E-state index is 12.1. The van der Waals surface area contributed by atoms with E-state index in [-0.39, 0.29) is 5.97 Å². The number of hydrogen-bond acceptors (Lipinski definition) is 5. The third-order valence-electron chi connectivity index (χ3n) is 5.70. The molecule has 4 aromatic carbocycles. The summed E-state index contributed by atoms with van der Waals surface area (Å²) >= 11 is 0. The molecule has 0 bridgehead atoms. The highest BCUT2D eigenvalue weighted by molar-refractivity contribution is 6.00. The second-order valence-electron chi connectivity index (χ2n) is 8.35. The van der Waals surface area contributed by atoms with Gasteiger partial charge in [-0.05, 0) is 73.4 Å². The number of rotatable bonds is 6. The molecule has 0 aliphatic rings. The van der Waals surface area contributed by atoms with Crippen molar-refractivity contribution >= 4 is 33.8 Å². The van der Waals surface area contributed by atoms with Gasteiger partial charge in [-0.25, -0.2) is 4.79 Å². The number of hydrogen-bond donors (Lipinski definition) is 3. The van der Waals surface area contributed by atoms with Crippen LogP contribution in [0.3, 0.4) is 0 Å². The molecule has 5 nitrogen and oxygen atoms in total. The minimum atomic E-state index is -0.359. The molecule has 34 heavy (non-hydrogen) atoms. The van der Waals surface area contributed by atoms with Gasteiger partial charge in [-0.1, -0.05) is 56.2 Å². The lowest BCUT2D eigenvalue weighted by molar-refractivity contribution is 0.0734. The van der Waals surface area contributed by atoms with Gasteiger partial charge in [0.1, 0.15) is 5.75 Å². The van der Waals surface area contributed by atoms with Gasteiger partial charge in [0, 0.05) is 27.8 Å². The van der Waals surface area contributed by atoms with Gasteiger partial charge in [0.2, 0.25) is 0 Å². The van der Waals surface area contributed by atoms with E-state index in [0.717, 1.165) is 34.1 Å². The average Bonchev–Trinajstić information content (AvgIpc) is 2.85. The van der Waals surface area contributed by atoms with Gasteiger partial charge in [0.05, 0.1) is 5.56 Å². The fraction of sp³-hybridized carbons (Fsp3) is 0.207. The van der Waals surface area contributed by atoms with Crippen LogP contribution < -0.4 is 21.9 Å². The highest BCUT2D eigenvalue weighted by Gasteiger charge is 2.09. The maximum absolute atomic E-state index is 12.1. The second kappa shape index (κ2) is 11.8. The molecule has 0 saturated heterocycles. The molecule has 0 spiro atoms.